The number of rotatable bonds is 1. The summed E-state index contributed by atoms with van der Waals surface area (Å²) in [6, 6.07) is -0.743. The zero-order chi connectivity index (χ0) is 13.1. The summed E-state index contributed by atoms with van der Waals surface area (Å²) >= 11 is 0. The lowest BCUT2D eigenvalue weighted by Gasteiger charge is -2.30. The first kappa shape index (κ1) is 13.8. The zero-order valence-corrected chi connectivity index (χ0v) is 10.7. The van der Waals surface area contributed by atoms with E-state index < -0.39 is 23.7 Å². The molecule has 5 nitrogen and oxygen atoms in total. The Kier molecular flexibility index (Phi) is 4.37. The highest BCUT2D eigenvalue weighted by Gasteiger charge is 2.33. The Labute approximate surface area is 102 Å². The number of nitrogens with zero attached hydrogens (tertiary/aromatic N) is 1. The molecule has 0 aliphatic carbocycles. The number of hydrogen-bond acceptors (Lipinski definition) is 3. The van der Waals surface area contributed by atoms with Gasteiger partial charge in [0.05, 0.1) is 0 Å². The maximum atomic E-state index is 11.9. The van der Waals surface area contributed by atoms with E-state index in [-0.39, 0.29) is 0 Å². The molecule has 17 heavy (non-hydrogen) atoms. The van der Waals surface area contributed by atoms with Gasteiger partial charge in [-0.3, -0.25) is 4.90 Å². The van der Waals surface area contributed by atoms with E-state index in [1.807, 2.05) is 0 Å². The fraction of sp³-hybridized carbons (Fsp3) is 0.833. The van der Waals surface area contributed by atoms with Crippen molar-refractivity contribution >= 4 is 12.1 Å². The number of carboxylic acids is 1. The number of hydrogen-bond donors (Lipinski definition) is 1. The molecule has 98 valence electrons. The predicted octanol–water partition coefficient (Wildman–Crippen LogP) is 2.25. The van der Waals surface area contributed by atoms with Crippen molar-refractivity contribution in [2.75, 3.05) is 6.54 Å². The summed E-state index contributed by atoms with van der Waals surface area (Å²) in [5.41, 5.74) is -0.591. The van der Waals surface area contributed by atoms with Crippen molar-refractivity contribution in [3.05, 3.63) is 0 Å². The second-order valence-corrected chi connectivity index (χ2v) is 5.38. The van der Waals surface area contributed by atoms with Crippen LogP contribution in [-0.4, -0.2) is 40.3 Å². The van der Waals surface area contributed by atoms with Crippen LogP contribution in [0.2, 0.25) is 0 Å². The number of aliphatic carboxylic acids is 1. The molecule has 0 aromatic heterocycles. The van der Waals surface area contributed by atoms with Gasteiger partial charge in [0.2, 0.25) is 0 Å². The summed E-state index contributed by atoms with van der Waals surface area (Å²) < 4.78 is 5.24. The van der Waals surface area contributed by atoms with Gasteiger partial charge in [-0.2, -0.15) is 0 Å². The van der Waals surface area contributed by atoms with E-state index in [4.69, 9.17) is 9.84 Å². The second kappa shape index (κ2) is 5.38. The SMILES string of the molecule is CC(C)(C)OC(=O)N1CCCCCC1C(=O)O. The van der Waals surface area contributed by atoms with Crippen molar-refractivity contribution in [2.24, 2.45) is 0 Å². The third kappa shape index (κ3) is 4.24. The number of likely N-dealkylation sites (tertiary alicyclic amines) is 1. The van der Waals surface area contributed by atoms with Gasteiger partial charge in [0.15, 0.2) is 0 Å². The Morgan fingerprint density at radius 3 is 2.41 bits per heavy atom. The Hall–Kier alpha value is -1.26. The van der Waals surface area contributed by atoms with Gasteiger partial charge >= 0.3 is 12.1 Å². The average Bonchev–Trinajstić information content (AvgIpc) is 2.39. The van der Waals surface area contributed by atoms with Crippen LogP contribution in [-0.2, 0) is 9.53 Å². The number of amides is 1. The number of carbonyl (C=O) groups is 2. The highest BCUT2D eigenvalue weighted by Crippen LogP contribution is 2.20. The van der Waals surface area contributed by atoms with Crippen molar-refractivity contribution in [2.45, 2.75) is 58.1 Å². The van der Waals surface area contributed by atoms with E-state index in [0.717, 1.165) is 19.3 Å². The normalized spacial score (nSPS) is 21.8. The molecule has 0 aromatic rings. The summed E-state index contributed by atoms with van der Waals surface area (Å²) in [6.07, 6.45) is 2.63. The molecule has 1 rings (SSSR count). The Morgan fingerprint density at radius 1 is 1.24 bits per heavy atom. The molecule has 1 fully saturated rings. The molecule has 0 saturated carbocycles. The van der Waals surface area contributed by atoms with E-state index >= 15 is 0 Å². The van der Waals surface area contributed by atoms with Gasteiger partial charge in [0, 0.05) is 6.54 Å². The second-order valence-electron chi connectivity index (χ2n) is 5.38. The van der Waals surface area contributed by atoms with Crippen molar-refractivity contribution in [1.82, 2.24) is 4.90 Å². The van der Waals surface area contributed by atoms with Crippen molar-refractivity contribution in [3.63, 3.8) is 0 Å². The quantitative estimate of drug-likeness (QED) is 0.767. The van der Waals surface area contributed by atoms with Gasteiger partial charge in [0.1, 0.15) is 11.6 Å². The van der Waals surface area contributed by atoms with E-state index in [1.165, 1.54) is 4.90 Å². The van der Waals surface area contributed by atoms with Crippen LogP contribution in [0.4, 0.5) is 4.79 Å². The van der Waals surface area contributed by atoms with Crippen molar-refractivity contribution in [3.8, 4) is 0 Å². The average molecular weight is 243 g/mol. The first-order chi connectivity index (χ1) is 7.81. The van der Waals surface area contributed by atoms with Gasteiger partial charge in [-0.25, -0.2) is 9.59 Å². The van der Waals surface area contributed by atoms with Crippen LogP contribution in [0.5, 0.6) is 0 Å². The van der Waals surface area contributed by atoms with Gasteiger partial charge < -0.3 is 9.84 Å². The highest BCUT2D eigenvalue weighted by molar-refractivity contribution is 5.80. The topological polar surface area (TPSA) is 66.8 Å². The van der Waals surface area contributed by atoms with Crippen LogP contribution in [0, 0.1) is 0 Å². The Bertz CT molecular complexity index is 295. The lowest BCUT2D eigenvalue weighted by atomic mass is 10.1. The molecule has 1 saturated heterocycles. The molecular formula is C12H21NO4. The molecule has 0 aromatic carbocycles. The highest BCUT2D eigenvalue weighted by atomic mass is 16.6. The lowest BCUT2D eigenvalue weighted by molar-refractivity contribution is -0.143. The summed E-state index contributed by atoms with van der Waals surface area (Å²) in [5.74, 6) is -0.947. The zero-order valence-electron chi connectivity index (χ0n) is 10.7. The van der Waals surface area contributed by atoms with Gasteiger partial charge in [-0.15, -0.1) is 0 Å². The first-order valence-corrected chi connectivity index (χ1v) is 6.04. The Balaban J connectivity index is 2.75. The molecule has 5 heteroatoms. The third-order valence-corrected chi connectivity index (χ3v) is 2.67. The number of ether oxygens (including phenoxy) is 1. The minimum absolute atomic E-state index is 0.464. The van der Waals surface area contributed by atoms with E-state index in [1.54, 1.807) is 20.8 Å². The van der Waals surface area contributed by atoms with Crippen LogP contribution < -0.4 is 0 Å². The fourth-order valence-corrected chi connectivity index (χ4v) is 1.90. The third-order valence-electron chi connectivity index (χ3n) is 2.67. The van der Waals surface area contributed by atoms with E-state index in [9.17, 15) is 9.59 Å². The van der Waals surface area contributed by atoms with Gasteiger partial charge in [-0.05, 0) is 33.6 Å². The Morgan fingerprint density at radius 2 is 1.88 bits per heavy atom. The molecular weight excluding hydrogens is 222 g/mol. The maximum absolute atomic E-state index is 11.9. The summed E-state index contributed by atoms with van der Waals surface area (Å²) in [6.45, 7) is 5.79. The summed E-state index contributed by atoms with van der Waals surface area (Å²) in [5, 5.41) is 9.13. The standard InChI is InChI=1S/C12H21NO4/c1-12(2,3)17-11(16)13-8-6-4-5-7-9(13)10(14)15/h9H,4-8H2,1-3H3,(H,14,15). The molecule has 1 aliphatic heterocycles. The number of carbonyl (C=O) groups excluding carboxylic acids is 1. The van der Waals surface area contributed by atoms with Gasteiger partial charge in [-0.1, -0.05) is 12.8 Å². The minimum Gasteiger partial charge on any atom is -0.480 e. The van der Waals surface area contributed by atoms with Gasteiger partial charge in [0.25, 0.3) is 0 Å². The van der Waals surface area contributed by atoms with Crippen LogP contribution in [0.15, 0.2) is 0 Å². The number of carboxylic acid groups (broad SMARTS) is 1. The first-order valence-electron chi connectivity index (χ1n) is 6.04. The maximum Gasteiger partial charge on any atom is 0.411 e. The molecule has 0 bridgehead atoms. The molecule has 1 amide bonds. The van der Waals surface area contributed by atoms with Crippen LogP contribution in [0.1, 0.15) is 46.5 Å². The molecule has 1 N–H and O–H groups in total. The molecule has 0 spiro atoms. The van der Waals surface area contributed by atoms with Crippen LogP contribution >= 0.6 is 0 Å². The van der Waals surface area contributed by atoms with Crippen LogP contribution in [0.25, 0.3) is 0 Å². The summed E-state index contributed by atoms with van der Waals surface area (Å²) in [4.78, 5) is 24.4. The largest absolute Gasteiger partial charge is 0.480 e. The minimum atomic E-state index is -0.947. The monoisotopic (exact) mass is 243 g/mol. The smallest absolute Gasteiger partial charge is 0.411 e. The molecule has 0 radical (unpaired) electrons. The molecule has 1 heterocycles. The fourth-order valence-electron chi connectivity index (χ4n) is 1.90. The van der Waals surface area contributed by atoms with Crippen LogP contribution in [0.3, 0.4) is 0 Å². The molecule has 1 aliphatic rings. The molecule has 1 unspecified atom stereocenters. The lowest BCUT2D eigenvalue weighted by Crippen LogP contribution is -2.46. The summed E-state index contributed by atoms with van der Waals surface area (Å²) in [7, 11) is 0. The van der Waals surface area contributed by atoms with Crippen molar-refractivity contribution < 1.29 is 19.4 Å². The van der Waals surface area contributed by atoms with E-state index in [2.05, 4.69) is 0 Å². The molecule has 1 atom stereocenters. The van der Waals surface area contributed by atoms with E-state index in [0.29, 0.717) is 13.0 Å². The van der Waals surface area contributed by atoms with Crippen molar-refractivity contribution in [1.29, 1.82) is 0 Å². The predicted molar refractivity (Wildman–Crippen MR) is 62.8 cm³/mol.